The van der Waals surface area contributed by atoms with Crippen LogP contribution in [0, 0.1) is 0 Å². The van der Waals surface area contributed by atoms with Gasteiger partial charge in [0.15, 0.2) is 11.5 Å². The minimum absolute atomic E-state index is 0.0513. The van der Waals surface area contributed by atoms with Gasteiger partial charge in [0.05, 0.1) is 11.9 Å². The van der Waals surface area contributed by atoms with E-state index in [-0.39, 0.29) is 25.3 Å². The molecule has 2 aromatic rings. The first-order chi connectivity index (χ1) is 17.8. The van der Waals surface area contributed by atoms with Crippen LogP contribution in [0.5, 0.6) is 11.5 Å². The van der Waals surface area contributed by atoms with E-state index in [2.05, 4.69) is 5.32 Å². The summed E-state index contributed by atoms with van der Waals surface area (Å²) in [6, 6.07) is 13.5. The number of hydrogen-bond acceptors (Lipinski definition) is 6. The molecular formula is C27H35N3O6S. The van der Waals surface area contributed by atoms with E-state index in [4.69, 9.17) is 9.47 Å². The van der Waals surface area contributed by atoms with Crippen LogP contribution in [0.15, 0.2) is 48.5 Å². The smallest absolute Gasteiger partial charge is 0.244 e. The molecule has 0 aromatic heterocycles. The number of fused-ring (bicyclic) bond motifs is 1. The first-order valence-electron chi connectivity index (χ1n) is 12.8. The zero-order valence-corrected chi connectivity index (χ0v) is 22.2. The van der Waals surface area contributed by atoms with Crippen molar-refractivity contribution in [2.45, 2.75) is 64.1 Å². The second-order valence-corrected chi connectivity index (χ2v) is 11.5. The highest BCUT2D eigenvalue weighted by molar-refractivity contribution is 7.92. The Morgan fingerprint density at radius 3 is 2.41 bits per heavy atom. The molecule has 1 unspecified atom stereocenters. The summed E-state index contributed by atoms with van der Waals surface area (Å²) < 4.78 is 37.3. The van der Waals surface area contributed by atoms with E-state index in [0.29, 0.717) is 23.6 Å². The van der Waals surface area contributed by atoms with Gasteiger partial charge in [-0.05, 0) is 37.0 Å². The van der Waals surface area contributed by atoms with Crippen molar-refractivity contribution in [2.24, 2.45) is 0 Å². The Balaban J connectivity index is 1.60. The van der Waals surface area contributed by atoms with Gasteiger partial charge in [-0.2, -0.15) is 0 Å². The number of ether oxygens (including phenoxy) is 2. The lowest BCUT2D eigenvalue weighted by Crippen LogP contribution is -2.53. The van der Waals surface area contributed by atoms with Crippen molar-refractivity contribution in [2.75, 3.05) is 23.9 Å². The van der Waals surface area contributed by atoms with Crippen LogP contribution >= 0.6 is 0 Å². The molecule has 200 valence electrons. The molecule has 1 saturated carbocycles. The van der Waals surface area contributed by atoms with Crippen LogP contribution in [0.1, 0.15) is 51.0 Å². The summed E-state index contributed by atoms with van der Waals surface area (Å²) in [6.45, 7) is 1.66. The normalized spacial score (nSPS) is 16.2. The van der Waals surface area contributed by atoms with Gasteiger partial charge in [-0.3, -0.25) is 13.9 Å². The predicted octanol–water partition coefficient (Wildman–Crippen LogP) is 3.44. The standard InChI is InChI=1S/C27H35N3O6S/c1-3-23(27(32)28-21-12-8-5-9-13-21)29(17-20-10-6-4-7-11-20)26(31)18-30(37(2,33)34)22-14-15-24-25(16-22)36-19-35-24/h4,6-7,10-11,14-16,21,23H,3,5,8-9,12-13,17-19H2,1-2H3,(H,28,32). The molecule has 0 radical (unpaired) electrons. The largest absolute Gasteiger partial charge is 0.454 e. The molecule has 37 heavy (non-hydrogen) atoms. The molecule has 1 aliphatic carbocycles. The SMILES string of the molecule is CCC(C(=O)NC1CCCCC1)N(Cc1ccccc1)C(=O)CN(c1ccc2c(c1)OCO2)S(C)(=O)=O. The van der Waals surface area contributed by atoms with Crippen molar-refractivity contribution < 1.29 is 27.5 Å². The van der Waals surface area contributed by atoms with Crippen LogP contribution in [0.2, 0.25) is 0 Å². The number of anilines is 1. The lowest BCUT2D eigenvalue weighted by Gasteiger charge is -2.34. The zero-order valence-electron chi connectivity index (χ0n) is 21.4. The highest BCUT2D eigenvalue weighted by atomic mass is 32.2. The Hall–Kier alpha value is -3.27. The Morgan fingerprint density at radius 2 is 1.73 bits per heavy atom. The number of benzene rings is 2. The van der Waals surface area contributed by atoms with E-state index >= 15 is 0 Å². The van der Waals surface area contributed by atoms with Crippen molar-refractivity contribution in [1.82, 2.24) is 10.2 Å². The average Bonchev–Trinajstić information content (AvgIpc) is 3.35. The lowest BCUT2D eigenvalue weighted by atomic mass is 9.95. The fraction of sp³-hybridized carbons (Fsp3) is 0.481. The molecule has 0 bridgehead atoms. The molecule has 1 atom stereocenters. The maximum Gasteiger partial charge on any atom is 0.244 e. The minimum atomic E-state index is -3.82. The molecule has 1 aliphatic heterocycles. The van der Waals surface area contributed by atoms with E-state index in [0.717, 1.165) is 41.8 Å². The summed E-state index contributed by atoms with van der Waals surface area (Å²) in [5, 5.41) is 3.14. The molecule has 2 amide bonds. The fourth-order valence-corrected chi connectivity index (χ4v) is 5.74. The Kier molecular flexibility index (Phi) is 8.58. The third-order valence-corrected chi connectivity index (χ3v) is 8.00. The number of amides is 2. The Morgan fingerprint density at radius 1 is 1.03 bits per heavy atom. The van der Waals surface area contributed by atoms with Crippen LogP contribution in [0.25, 0.3) is 0 Å². The molecular weight excluding hydrogens is 494 g/mol. The number of rotatable bonds is 10. The molecule has 4 rings (SSSR count). The number of hydrogen-bond donors (Lipinski definition) is 1. The van der Waals surface area contributed by atoms with Crippen molar-refractivity contribution >= 4 is 27.5 Å². The maximum absolute atomic E-state index is 13.8. The molecule has 1 heterocycles. The van der Waals surface area contributed by atoms with Gasteiger partial charge in [0.25, 0.3) is 0 Å². The van der Waals surface area contributed by atoms with Gasteiger partial charge in [0.1, 0.15) is 12.6 Å². The average molecular weight is 530 g/mol. The highest BCUT2D eigenvalue weighted by Crippen LogP contribution is 2.36. The Bertz CT molecular complexity index is 1200. The molecule has 9 nitrogen and oxygen atoms in total. The van der Waals surface area contributed by atoms with Gasteiger partial charge in [0, 0.05) is 18.7 Å². The summed E-state index contributed by atoms with van der Waals surface area (Å²) in [5.41, 5.74) is 1.15. The molecule has 10 heteroatoms. The van der Waals surface area contributed by atoms with Crippen molar-refractivity contribution in [3.05, 3.63) is 54.1 Å². The third kappa shape index (κ3) is 6.74. The first-order valence-corrected chi connectivity index (χ1v) is 14.6. The number of nitrogens with zero attached hydrogens (tertiary/aromatic N) is 2. The summed E-state index contributed by atoms with van der Waals surface area (Å²) >= 11 is 0. The van der Waals surface area contributed by atoms with Gasteiger partial charge in [-0.15, -0.1) is 0 Å². The summed E-state index contributed by atoms with van der Waals surface area (Å²) in [5.74, 6) is 0.267. The van der Waals surface area contributed by atoms with Crippen LogP contribution in [0.4, 0.5) is 5.69 Å². The van der Waals surface area contributed by atoms with Crippen LogP contribution in [0.3, 0.4) is 0 Å². The van der Waals surface area contributed by atoms with Crippen molar-refractivity contribution in [3.63, 3.8) is 0 Å². The second-order valence-electron chi connectivity index (χ2n) is 9.58. The van der Waals surface area contributed by atoms with Crippen LogP contribution in [-0.4, -0.2) is 56.8 Å². The summed E-state index contributed by atoms with van der Waals surface area (Å²) in [7, 11) is -3.82. The molecule has 1 fully saturated rings. The topological polar surface area (TPSA) is 105 Å². The van der Waals surface area contributed by atoms with Gasteiger partial charge in [-0.1, -0.05) is 56.5 Å². The van der Waals surface area contributed by atoms with E-state index in [1.54, 1.807) is 18.2 Å². The van der Waals surface area contributed by atoms with Crippen LogP contribution < -0.4 is 19.1 Å². The number of sulfonamides is 1. The second kappa shape index (κ2) is 11.9. The Labute approximate surface area is 218 Å². The molecule has 2 aliphatic rings. The quantitative estimate of drug-likeness (QED) is 0.506. The highest BCUT2D eigenvalue weighted by Gasteiger charge is 2.33. The third-order valence-electron chi connectivity index (χ3n) is 6.86. The first kappa shape index (κ1) is 26.8. The molecule has 0 spiro atoms. The summed E-state index contributed by atoms with van der Waals surface area (Å²) in [6.07, 6.45) is 6.64. The van der Waals surface area contributed by atoms with Gasteiger partial charge in [-0.25, -0.2) is 8.42 Å². The summed E-state index contributed by atoms with van der Waals surface area (Å²) in [4.78, 5) is 28.7. The number of carbonyl (C=O) groups is 2. The van der Waals surface area contributed by atoms with E-state index < -0.39 is 28.5 Å². The van der Waals surface area contributed by atoms with Crippen molar-refractivity contribution in [1.29, 1.82) is 0 Å². The monoisotopic (exact) mass is 529 g/mol. The maximum atomic E-state index is 13.8. The van der Waals surface area contributed by atoms with E-state index in [1.165, 1.54) is 11.3 Å². The van der Waals surface area contributed by atoms with Gasteiger partial charge < -0.3 is 19.7 Å². The number of carbonyl (C=O) groups excluding carboxylic acids is 2. The molecule has 2 aromatic carbocycles. The molecule has 1 N–H and O–H groups in total. The fourth-order valence-electron chi connectivity index (χ4n) is 4.90. The van der Waals surface area contributed by atoms with E-state index in [1.807, 2.05) is 37.3 Å². The molecule has 0 saturated heterocycles. The lowest BCUT2D eigenvalue weighted by molar-refractivity contribution is -0.140. The van der Waals surface area contributed by atoms with Gasteiger partial charge in [0.2, 0.25) is 28.6 Å². The van der Waals surface area contributed by atoms with E-state index in [9.17, 15) is 18.0 Å². The van der Waals surface area contributed by atoms with Crippen LogP contribution in [-0.2, 0) is 26.2 Å². The zero-order chi connectivity index (χ0) is 26.4. The number of nitrogens with one attached hydrogen (secondary N) is 1. The van der Waals surface area contributed by atoms with Gasteiger partial charge >= 0.3 is 0 Å². The minimum Gasteiger partial charge on any atom is -0.454 e. The van der Waals surface area contributed by atoms with Crippen molar-refractivity contribution in [3.8, 4) is 11.5 Å². The predicted molar refractivity (Wildman–Crippen MR) is 141 cm³/mol.